The largest absolute Gasteiger partial charge is 0.396 e. The average molecular weight is 273 g/mol. The van der Waals surface area contributed by atoms with Crippen molar-refractivity contribution in [3.63, 3.8) is 0 Å². The summed E-state index contributed by atoms with van der Waals surface area (Å²) in [5, 5.41) is 12.3. The molecule has 2 aromatic rings. The Balaban J connectivity index is 1.87. The molecule has 2 nitrogen and oxygen atoms in total. The van der Waals surface area contributed by atoms with Crippen LogP contribution in [0.25, 0.3) is 11.3 Å². The molecule has 0 aromatic carbocycles. The number of fused-ring (bicyclic) bond motifs is 3. The van der Waals surface area contributed by atoms with Gasteiger partial charge < -0.3 is 9.67 Å². The Kier molecular flexibility index (Phi) is 2.61. The van der Waals surface area contributed by atoms with Crippen molar-refractivity contribution in [2.24, 2.45) is 5.41 Å². The van der Waals surface area contributed by atoms with Gasteiger partial charge in [0.2, 0.25) is 0 Å². The molecule has 1 atom stereocenters. The van der Waals surface area contributed by atoms with Gasteiger partial charge in [-0.1, -0.05) is 19.3 Å². The highest BCUT2D eigenvalue weighted by Gasteiger charge is 2.45. The highest BCUT2D eigenvalue weighted by molar-refractivity contribution is 7.10. The van der Waals surface area contributed by atoms with Gasteiger partial charge >= 0.3 is 0 Å². The summed E-state index contributed by atoms with van der Waals surface area (Å²) in [6, 6.07) is 6.94. The second-order valence-electron chi connectivity index (χ2n) is 5.98. The van der Waals surface area contributed by atoms with Crippen molar-refractivity contribution >= 4 is 11.3 Å². The third-order valence-corrected chi connectivity index (χ3v) is 5.99. The maximum Gasteiger partial charge on any atom is 0.0763 e. The van der Waals surface area contributed by atoms with Gasteiger partial charge in [0, 0.05) is 27.7 Å². The van der Waals surface area contributed by atoms with Gasteiger partial charge in [0.05, 0.1) is 12.6 Å². The molecule has 2 aromatic heterocycles. The molecule has 0 amide bonds. The third kappa shape index (κ3) is 1.52. The SMILES string of the molecule is OCC1(C2c3sccc3-c3cccn32)CCCCC1. The highest BCUT2D eigenvalue weighted by Crippen LogP contribution is 2.55. The lowest BCUT2D eigenvalue weighted by Crippen LogP contribution is -2.37. The van der Waals surface area contributed by atoms with E-state index < -0.39 is 0 Å². The maximum atomic E-state index is 10.1. The zero-order valence-electron chi connectivity index (χ0n) is 11.0. The average Bonchev–Trinajstić information content (AvgIpc) is 3.11. The summed E-state index contributed by atoms with van der Waals surface area (Å²) in [4.78, 5) is 1.46. The van der Waals surface area contributed by atoms with Gasteiger partial charge in [0.25, 0.3) is 0 Å². The number of nitrogens with zero attached hydrogens (tertiary/aromatic N) is 1. The van der Waals surface area contributed by atoms with Gasteiger partial charge in [-0.25, -0.2) is 0 Å². The van der Waals surface area contributed by atoms with Crippen molar-refractivity contribution in [3.05, 3.63) is 34.7 Å². The van der Waals surface area contributed by atoms with E-state index in [9.17, 15) is 5.11 Å². The number of hydrogen-bond donors (Lipinski definition) is 1. The van der Waals surface area contributed by atoms with Crippen molar-refractivity contribution < 1.29 is 5.11 Å². The van der Waals surface area contributed by atoms with E-state index in [4.69, 9.17) is 0 Å². The molecule has 19 heavy (non-hydrogen) atoms. The molecule has 3 heterocycles. The molecule has 0 spiro atoms. The van der Waals surface area contributed by atoms with E-state index in [1.54, 1.807) is 0 Å². The molecule has 0 radical (unpaired) electrons. The van der Waals surface area contributed by atoms with Gasteiger partial charge in [-0.3, -0.25) is 0 Å². The third-order valence-electron chi connectivity index (χ3n) is 5.02. The molecule has 4 rings (SSSR count). The fourth-order valence-corrected chi connectivity index (χ4v) is 5.21. The zero-order valence-corrected chi connectivity index (χ0v) is 11.8. The standard InChI is InChI=1S/C16H19NOS/c18-11-16(7-2-1-3-8-16)15-14-12(6-10-19-14)13-5-4-9-17(13)15/h4-6,9-10,15,18H,1-3,7-8,11H2. The van der Waals surface area contributed by atoms with Crippen molar-refractivity contribution in [1.29, 1.82) is 0 Å². The molecule has 1 unspecified atom stereocenters. The second-order valence-corrected chi connectivity index (χ2v) is 6.93. The van der Waals surface area contributed by atoms with E-state index in [1.807, 2.05) is 11.3 Å². The number of hydrogen-bond acceptors (Lipinski definition) is 2. The summed E-state index contributed by atoms with van der Waals surface area (Å²) in [6.45, 7) is 0.312. The van der Waals surface area contributed by atoms with Gasteiger partial charge in [-0.2, -0.15) is 0 Å². The lowest BCUT2D eigenvalue weighted by Gasteiger charge is -2.41. The van der Waals surface area contributed by atoms with Crippen molar-refractivity contribution in [3.8, 4) is 11.3 Å². The zero-order chi connectivity index (χ0) is 12.9. The topological polar surface area (TPSA) is 25.2 Å². The van der Waals surface area contributed by atoms with E-state index in [0.717, 1.165) is 12.8 Å². The first-order valence-corrected chi connectivity index (χ1v) is 8.09. The summed E-state index contributed by atoms with van der Waals surface area (Å²) >= 11 is 1.86. The number of thiophene rings is 1. The lowest BCUT2D eigenvalue weighted by atomic mass is 9.69. The summed E-state index contributed by atoms with van der Waals surface area (Å²) < 4.78 is 2.41. The van der Waals surface area contributed by atoms with Crippen LogP contribution in [0.4, 0.5) is 0 Å². The highest BCUT2D eigenvalue weighted by atomic mass is 32.1. The van der Waals surface area contributed by atoms with Crippen LogP contribution in [0.2, 0.25) is 0 Å². The fraction of sp³-hybridized carbons (Fsp3) is 0.500. The van der Waals surface area contributed by atoms with Crippen molar-refractivity contribution in [1.82, 2.24) is 4.57 Å². The lowest BCUT2D eigenvalue weighted by molar-refractivity contribution is 0.0475. The van der Waals surface area contributed by atoms with Crippen molar-refractivity contribution in [2.75, 3.05) is 6.61 Å². The minimum Gasteiger partial charge on any atom is -0.396 e. The van der Waals surface area contributed by atoms with Crippen LogP contribution in [0.1, 0.15) is 43.0 Å². The van der Waals surface area contributed by atoms with Crippen molar-refractivity contribution in [2.45, 2.75) is 38.1 Å². The number of aliphatic hydroxyl groups excluding tert-OH is 1. The number of aliphatic hydroxyl groups is 1. The van der Waals surface area contributed by atoms with Crippen LogP contribution in [0.5, 0.6) is 0 Å². The first-order chi connectivity index (χ1) is 9.36. The number of rotatable bonds is 2. The smallest absolute Gasteiger partial charge is 0.0763 e. The van der Waals surface area contributed by atoms with Gasteiger partial charge in [-0.15, -0.1) is 11.3 Å². The second kappa shape index (κ2) is 4.22. The Morgan fingerprint density at radius 3 is 2.89 bits per heavy atom. The van der Waals surface area contributed by atoms with Crippen LogP contribution in [0.3, 0.4) is 0 Å². The molecule has 2 aliphatic rings. The van der Waals surface area contributed by atoms with Crippen LogP contribution >= 0.6 is 11.3 Å². The monoisotopic (exact) mass is 273 g/mol. The maximum absolute atomic E-state index is 10.1. The van der Waals surface area contributed by atoms with Crippen LogP contribution < -0.4 is 0 Å². The van der Waals surface area contributed by atoms with Crippen LogP contribution in [-0.2, 0) is 0 Å². The van der Waals surface area contributed by atoms with E-state index in [1.165, 1.54) is 35.4 Å². The summed E-state index contributed by atoms with van der Waals surface area (Å²) in [5.41, 5.74) is 2.78. The first kappa shape index (κ1) is 11.7. The number of aromatic nitrogens is 1. The molecule has 100 valence electrons. The molecule has 0 bridgehead atoms. The Morgan fingerprint density at radius 2 is 2.11 bits per heavy atom. The molecule has 1 fully saturated rings. The summed E-state index contributed by atoms with van der Waals surface area (Å²) in [5.74, 6) is 0. The van der Waals surface area contributed by atoms with E-state index in [0.29, 0.717) is 12.6 Å². The molecule has 1 aliphatic heterocycles. The van der Waals surface area contributed by atoms with Crippen LogP contribution in [0.15, 0.2) is 29.8 Å². The quantitative estimate of drug-likeness (QED) is 0.877. The summed E-state index contributed by atoms with van der Waals surface area (Å²) in [7, 11) is 0. The molecular formula is C16H19NOS. The Morgan fingerprint density at radius 1 is 1.26 bits per heavy atom. The predicted molar refractivity (Wildman–Crippen MR) is 78.5 cm³/mol. The first-order valence-electron chi connectivity index (χ1n) is 7.21. The normalized spacial score (nSPS) is 24.2. The minimum absolute atomic E-state index is 0.0577. The van der Waals surface area contributed by atoms with E-state index in [2.05, 4.69) is 34.3 Å². The predicted octanol–water partition coefficient (Wildman–Crippen LogP) is 4.06. The van der Waals surface area contributed by atoms with E-state index >= 15 is 0 Å². The van der Waals surface area contributed by atoms with Crippen LogP contribution in [0, 0.1) is 5.41 Å². The van der Waals surface area contributed by atoms with Gasteiger partial charge in [0.15, 0.2) is 0 Å². The molecule has 1 N–H and O–H groups in total. The van der Waals surface area contributed by atoms with Crippen LogP contribution in [-0.4, -0.2) is 16.3 Å². The Hall–Kier alpha value is -1.06. The Labute approximate surface area is 117 Å². The molecule has 3 heteroatoms. The molecule has 0 saturated heterocycles. The minimum atomic E-state index is 0.0577. The van der Waals surface area contributed by atoms with Gasteiger partial charge in [-0.05, 0) is 36.4 Å². The Bertz CT molecular complexity index is 551. The summed E-state index contributed by atoms with van der Waals surface area (Å²) in [6.07, 6.45) is 8.35. The fourth-order valence-electron chi connectivity index (χ4n) is 4.07. The molecule has 1 aliphatic carbocycles. The molecular weight excluding hydrogens is 254 g/mol. The van der Waals surface area contributed by atoms with E-state index in [-0.39, 0.29) is 5.41 Å². The van der Waals surface area contributed by atoms with Gasteiger partial charge in [0.1, 0.15) is 0 Å². The molecule has 1 saturated carbocycles.